The molecular weight excluding hydrogens is 192 g/mol. The van der Waals surface area contributed by atoms with Crippen LogP contribution in [0.2, 0.25) is 0 Å². The molecule has 0 bridgehead atoms. The molecule has 0 aromatic heterocycles. The van der Waals surface area contributed by atoms with E-state index in [4.69, 9.17) is 0 Å². The Morgan fingerprint density at radius 2 is 1.50 bits per heavy atom. The Bertz CT molecular complexity index is 146. The number of allylic oxidation sites excluding steroid dienone is 2. The quantitative estimate of drug-likeness (QED) is 0.293. The third-order valence-electron chi connectivity index (χ3n) is 3.23. The number of hydrogen-bond donors (Lipinski definition) is 0. The summed E-state index contributed by atoms with van der Waals surface area (Å²) in [5.74, 6) is 0.887. The van der Waals surface area contributed by atoms with Crippen LogP contribution in [0.1, 0.15) is 85.0 Å². The highest BCUT2D eigenvalue weighted by atomic mass is 14.0. The maximum Gasteiger partial charge on any atom is -0.0325 e. The SMILES string of the molecule is CCCCCC/C=C/CC(C)CCCCC. The second kappa shape index (κ2) is 12.8. The van der Waals surface area contributed by atoms with E-state index in [1.807, 2.05) is 0 Å². The van der Waals surface area contributed by atoms with Crippen molar-refractivity contribution in [2.45, 2.75) is 85.0 Å². The molecule has 0 rings (SSSR count). The van der Waals surface area contributed by atoms with Crippen LogP contribution in [-0.4, -0.2) is 0 Å². The highest BCUT2D eigenvalue weighted by Crippen LogP contribution is 2.13. The topological polar surface area (TPSA) is 0 Å². The van der Waals surface area contributed by atoms with Crippen molar-refractivity contribution in [1.82, 2.24) is 0 Å². The largest absolute Gasteiger partial charge is 0.0885 e. The average Bonchev–Trinajstić information content (AvgIpc) is 2.28. The molecule has 0 nitrogen and oxygen atoms in total. The molecule has 0 radical (unpaired) electrons. The molecule has 0 N–H and O–H groups in total. The lowest BCUT2D eigenvalue weighted by Gasteiger charge is -2.07. The van der Waals surface area contributed by atoms with E-state index in [1.54, 1.807) is 0 Å². The molecule has 1 unspecified atom stereocenters. The summed E-state index contributed by atoms with van der Waals surface area (Å²) in [5.41, 5.74) is 0. The van der Waals surface area contributed by atoms with Crippen molar-refractivity contribution in [3.63, 3.8) is 0 Å². The van der Waals surface area contributed by atoms with Crippen molar-refractivity contribution >= 4 is 0 Å². The molecule has 0 heteroatoms. The molecule has 16 heavy (non-hydrogen) atoms. The summed E-state index contributed by atoms with van der Waals surface area (Å²) >= 11 is 0. The van der Waals surface area contributed by atoms with Gasteiger partial charge in [0.15, 0.2) is 0 Å². The van der Waals surface area contributed by atoms with E-state index < -0.39 is 0 Å². The number of unbranched alkanes of at least 4 members (excludes halogenated alkanes) is 6. The van der Waals surface area contributed by atoms with Gasteiger partial charge in [0.25, 0.3) is 0 Å². The summed E-state index contributed by atoms with van der Waals surface area (Å²) in [7, 11) is 0. The van der Waals surface area contributed by atoms with Gasteiger partial charge in [-0.15, -0.1) is 0 Å². The molecule has 0 spiro atoms. The zero-order chi connectivity index (χ0) is 12.1. The predicted molar refractivity (Wildman–Crippen MR) is 75.8 cm³/mol. The normalized spacial score (nSPS) is 13.4. The molecule has 0 fully saturated rings. The van der Waals surface area contributed by atoms with Crippen LogP contribution in [0.3, 0.4) is 0 Å². The van der Waals surface area contributed by atoms with Crippen molar-refractivity contribution in [2.75, 3.05) is 0 Å². The molecule has 0 saturated carbocycles. The molecule has 0 aliphatic heterocycles. The van der Waals surface area contributed by atoms with Crippen molar-refractivity contribution in [2.24, 2.45) is 5.92 Å². The zero-order valence-corrected chi connectivity index (χ0v) is 11.8. The van der Waals surface area contributed by atoms with Gasteiger partial charge in [-0.3, -0.25) is 0 Å². The van der Waals surface area contributed by atoms with E-state index in [2.05, 4.69) is 32.9 Å². The predicted octanol–water partition coefficient (Wildman–Crippen LogP) is 6.12. The molecule has 1 atom stereocenters. The summed E-state index contributed by atoms with van der Waals surface area (Å²) < 4.78 is 0. The lowest BCUT2D eigenvalue weighted by Crippen LogP contribution is -1.92. The van der Waals surface area contributed by atoms with Crippen LogP contribution in [-0.2, 0) is 0 Å². The van der Waals surface area contributed by atoms with Gasteiger partial charge in [0.1, 0.15) is 0 Å². The monoisotopic (exact) mass is 224 g/mol. The van der Waals surface area contributed by atoms with Crippen LogP contribution < -0.4 is 0 Å². The van der Waals surface area contributed by atoms with Gasteiger partial charge >= 0.3 is 0 Å². The van der Waals surface area contributed by atoms with E-state index in [0.717, 1.165) is 5.92 Å². The molecular formula is C16H32. The molecule has 0 aliphatic carbocycles. The highest BCUT2D eigenvalue weighted by molar-refractivity contribution is 4.83. The minimum Gasteiger partial charge on any atom is -0.0885 e. The van der Waals surface area contributed by atoms with Crippen LogP contribution in [0.25, 0.3) is 0 Å². The van der Waals surface area contributed by atoms with Crippen LogP contribution in [0.15, 0.2) is 12.2 Å². The Morgan fingerprint density at radius 3 is 2.19 bits per heavy atom. The maximum absolute atomic E-state index is 2.41. The smallest absolute Gasteiger partial charge is 0.0325 e. The Labute approximate surface area is 104 Å². The second-order valence-electron chi connectivity index (χ2n) is 5.16. The van der Waals surface area contributed by atoms with Gasteiger partial charge < -0.3 is 0 Å². The summed E-state index contributed by atoms with van der Waals surface area (Å²) in [6.07, 6.45) is 18.5. The summed E-state index contributed by atoms with van der Waals surface area (Å²) in [4.78, 5) is 0. The lowest BCUT2D eigenvalue weighted by molar-refractivity contribution is 0.500. The van der Waals surface area contributed by atoms with Gasteiger partial charge in [0.2, 0.25) is 0 Å². The fourth-order valence-electron chi connectivity index (χ4n) is 2.00. The molecule has 0 amide bonds. The molecule has 0 aromatic rings. The molecule has 0 aromatic carbocycles. The second-order valence-corrected chi connectivity index (χ2v) is 5.16. The van der Waals surface area contributed by atoms with E-state index in [0.29, 0.717) is 0 Å². The van der Waals surface area contributed by atoms with E-state index in [9.17, 15) is 0 Å². The first-order valence-corrected chi connectivity index (χ1v) is 7.46. The molecule has 0 aliphatic rings. The van der Waals surface area contributed by atoms with Crippen LogP contribution >= 0.6 is 0 Å². The number of hydrogen-bond acceptors (Lipinski definition) is 0. The zero-order valence-electron chi connectivity index (χ0n) is 11.8. The van der Waals surface area contributed by atoms with Crippen LogP contribution in [0.4, 0.5) is 0 Å². The summed E-state index contributed by atoms with van der Waals surface area (Å²) in [5, 5.41) is 0. The van der Waals surface area contributed by atoms with Crippen molar-refractivity contribution in [3.05, 3.63) is 12.2 Å². The van der Waals surface area contributed by atoms with Gasteiger partial charge in [0, 0.05) is 0 Å². The van der Waals surface area contributed by atoms with Gasteiger partial charge in [-0.25, -0.2) is 0 Å². The van der Waals surface area contributed by atoms with E-state index in [1.165, 1.54) is 64.2 Å². The van der Waals surface area contributed by atoms with Crippen molar-refractivity contribution in [3.8, 4) is 0 Å². The molecule has 0 heterocycles. The highest BCUT2D eigenvalue weighted by Gasteiger charge is 1.98. The van der Waals surface area contributed by atoms with Gasteiger partial charge in [-0.05, 0) is 25.2 Å². The molecule has 96 valence electrons. The lowest BCUT2D eigenvalue weighted by atomic mass is 9.99. The first-order chi connectivity index (χ1) is 7.81. The van der Waals surface area contributed by atoms with Crippen LogP contribution in [0.5, 0.6) is 0 Å². The van der Waals surface area contributed by atoms with E-state index >= 15 is 0 Å². The van der Waals surface area contributed by atoms with Crippen molar-refractivity contribution in [1.29, 1.82) is 0 Å². The fraction of sp³-hybridized carbons (Fsp3) is 0.875. The van der Waals surface area contributed by atoms with E-state index in [-0.39, 0.29) is 0 Å². The Kier molecular flexibility index (Phi) is 12.6. The fourth-order valence-corrected chi connectivity index (χ4v) is 2.00. The third kappa shape index (κ3) is 11.8. The Hall–Kier alpha value is -0.260. The average molecular weight is 224 g/mol. The minimum absolute atomic E-state index is 0.887. The van der Waals surface area contributed by atoms with Gasteiger partial charge in [-0.2, -0.15) is 0 Å². The maximum atomic E-state index is 2.41. The first kappa shape index (κ1) is 15.7. The molecule has 0 saturated heterocycles. The van der Waals surface area contributed by atoms with Crippen molar-refractivity contribution < 1.29 is 0 Å². The van der Waals surface area contributed by atoms with Crippen LogP contribution in [0, 0.1) is 5.92 Å². The van der Waals surface area contributed by atoms with Gasteiger partial charge in [-0.1, -0.05) is 77.9 Å². The number of rotatable bonds is 11. The summed E-state index contributed by atoms with van der Waals surface area (Å²) in [6, 6.07) is 0. The standard InChI is InChI=1S/C16H32/c1-4-6-8-9-10-11-13-15-16(3)14-12-7-5-2/h11,13,16H,4-10,12,14-15H2,1-3H3/b13-11+. The summed E-state index contributed by atoms with van der Waals surface area (Å²) in [6.45, 7) is 6.94. The Balaban J connectivity index is 3.23. The minimum atomic E-state index is 0.887. The van der Waals surface area contributed by atoms with Gasteiger partial charge in [0.05, 0.1) is 0 Å². The third-order valence-corrected chi connectivity index (χ3v) is 3.23. The first-order valence-electron chi connectivity index (χ1n) is 7.46. The Morgan fingerprint density at radius 1 is 0.812 bits per heavy atom.